The fourth-order valence-corrected chi connectivity index (χ4v) is 1.23. The molecule has 0 aliphatic carbocycles. The standard InChI is InChI=1S/C9H17N3/c1-2-3-6-12-8-11-7-9(12)4-5-10/h7-8H,2-6,10H2,1H3. The van der Waals surface area contributed by atoms with E-state index in [0.717, 1.165) is 13.0 Å². The minimum absolute atomic E-state index is 0.706. The molecule has 12 heavy (non-hydrogen) atoms. The van der Waals surface area contributed by atoms with E-state index in [1.54, 1.807) is 0 Å². The van der Waals surface area contributed by atoms with Crippen molar-refractivity contribution in [1.29, 1.82) is 0 Å². The lowest BCUT2D eigenvalue weighted by Gasteiger charge is -2.05. The quantitative estimate of drug-likeness (QED) is 0.715. The van der Waals surface area contributed by atoms with Crippen LogP contribution in [-0.4, -0.2) is 16.1 Å². The summed E-state index contributed by atoms with van der Waals surface area (Å²) in [5, 5.41) is 0. The molecule has 0 aliphatic heterocycles. The van der Waals surface area contributed by atoms with Gasteiger partial charge in [0, 0.05) is 24.9 Å². The van der Waals surface area contributed by atoms with Crippen LogP contribution >= 0.6 is 0 Å². The summed E-state index contributed by atoms with van der Waals surface area (Å²) in [6.45, 7) is 3.98. The third-order valence-corrected chi connectivity index (χ3v) is 1.95. The van der Waals surface area contributed by atoms with Crippen LogP contribution in [0.25, 0.3) is 0 Å². The van der Waals surface area contributed by atoms with Gasteiger partial charge in [0.15, 0.2) is 0 Å². The Morgan fingerprint density at radius 1 is 1.58 bits per heavy atom. The number of unbranched alkanes of at least 4 members (excludes halogenated alkanes) is 1. The normalized spacial score (nSPS) is 10.5. The van der Waals surface area contributed by atoms with E-state index in [0.29, 0.717) is 6.54 Å². The van der Waals surface area contributed by atoms with Gasteiger partial charge in [-0.05, 0) is 13.0 Å². The average Bonchev–Trinajstić information content (AvgIpc) is 2.50. The van der Waals surface area contributed by atoms with Crippen LogP contribution < -0.4 is 5.73 Å². The molecule has 68 valence electrons. The van der Waals surface area contributed by atoms with Gasteiger partial charge >= 0.3 is 0 Å². The number of imidazole rings is 1. The minimum Gasteiger partial charge on any atom is -0.335 e. The fraction of sp³-hybridized carbons (Fsp3) is 0.667. The second-order valence-electron chi connectivity index (χ2n) is 2.97. The molecule has 0 bridgehead atoms. The van der Waals surface area contributed by atoms with Crippen LogP contribution in [0, 0.1) is 0 Å². The zero-order valence-electron chi connectivity index (χ0n) is 7.66. The molecular weight excluding hydrogens is 150 g/mol. The van der Waals surface area contributed by atoms with Crippen molar-refractivity contribution in [3.05, 3.63) is 18.2 Å². The highest BCUT2D eigenvalue weighted by Crippen LogP contribution is 2.02. The number of nitrogens with two attached hydrogens (primary N) is 1. The molecule has 1 aromatic heterocycles. The van der Waals surface area contributed by atoms with Gasteiger partial charge < -0.3 is 10.3 Å². The maximum absolute atomic E-state index is 5.48. The van der Waals surface area contributed by atoms with Crippen molar-refractivity contribution in [2.45, 2.75) is 32.7 Å². The molecule has 0 saturated heterocycles. The Hall–Kier alpha value is -0.830. The second kappa shape index (κ2) is 4.93. The SMILES string of the molecule is CCCCn1cncc1CCN. The largest absolute Gasteiger partial charge is 0.335 e. The number of hydrogen-bond donors (Lipinski definition) is 1. The van der Waals surface area contributed by atoms with Gasteiger partial charge in [-0.2, -0.15) is 0 Å². The van der Waals surface area contributed by atoms with Crippen molar-refractivity contribution in [1.82, 2.24) is 9.55 Å². The molecule has 0 amide bonds. The van der Waals surface area contributed by atoms with Crippen molar-refractivity contribution in [2.24, 2.45) is 5.73 Å². The molecule has 0 radical (unpaired) electrons. The first kappa shape index (κ1) is 9.26. The highest BCUT2D eigenvalue weighted by molar-refractivity contribution is 4.98. The summed E-state index contributed by atoms with van der Waals surface area (Å²) in [5.74, 6) is 0. The first-order chi connectivity index (χ1) is 5.88. The van der Waals surface area contributed by atoms with Crippen LogP contribution in [0.5, 0.6) is 0 Å². The van der Waals surface area contributed by atoms with Gasteiger partial charge in [-0.3, -0.25) is 0 Å². The summed E-state index contributed by atoms with van der Waals surface area (Å²) in [6, 6.07) is 0. The highest BCUT2D eigenvalue weighted by Gasteiger charge is 1.98. The highest BCUT2D eigenvalue weighted by atomic mass is 15.0. The van der Waals surface area contributed by atoms with E-state index in [4.69, 9.17) is 5.73 Å². The smallest absolute Gasteiger partial charge is 0.0948 e. The number of aryl methyl sites for hydroxylation is 1. The van der Waals surface area contributed by atoms with E-state index in [1.165, 1.54) is 18.5 Å². The summed E-state index contributed by atoms with van der Waals surface area (Å²) in [6.07, 6.45) is 7.17. The van der Waals surface area contributed by atoms with E-state index >= 15 is 0 Å². The fourth-order valence-electron chi connectivity index (χ4n) is 1.23. The number of rotatable bonds is 5. The lowest BCUT2D eigenvalue weighted by Crippen LogP contribution is -2.08. The zero-order chi connectivity index (χ0) is 8.81. The van der Waals surface area contributed by atoms with E-state index in [2.05, 4.69) is 16.5 Å². The predicted molar refractivity (Wildman–Crippen MR) is 49.9 cm³/mol. The number of aromatic nitrogens is 2. The second-order valence-corrected chi connectivity index (χ2v) is 2.97. The maximum atomic E-state index is 5.48. The molecular formula is C9H17N3. The van der Waals surface area contributed by atoms with Crippen LogP contribution in [0.2, 0.25) is 0 Å². The minimum atomic E-state index is 0.706. The van der Waals surface area contributed by atoms with Gasteiger partial charge in [-0.15, -0.1) is 0 Å². The van der Waals surface area contributed by atoms with E-state index < -0.39 is 0 Å². The number of hydrogen-bond acceptors (Lipinski definition) is 2. The third-order valence-electron chi connectivity index (χ3n) is 1.95. The molecule has 3 heteroatoms. The predicted octanol–water partition coefficient (Wildman–Crippen LogP) is 1.18. The summed E-state index contributed by atoms with van der Waals surface area (Å²) in [7, 11) is 0. The van der Waals surface area contributed by atoms with Gasteiger partial charge in [0.2, 0.25) is 0 Å². The molecule has 0 fully saturated rings. The first-order valence-electron chi connectivity index (χ1n) is 4.57. The average molecular weight is 167 g/mol. The summed E-state index contributed by atoms with van der Waals surface area (Å²) in [5.41, 5.74) is 6.73. The van der Waals surface area contributed by atoms with Crippen molar-refractivity contribution in [3.63, 3.8) is 0 Å². The van der Waals surface area contributed by atoms with Crippen molar-refractivity contribution in [2.75, 3.05) is 6.54 Å². The van der Waals surface area contributed by atoms with Gasteiger partial charge in [0.05, 0.1) is 6.33 Å². The van der Waals surface area contributed by atoms with E-state index in [1.807, 2.05) is 12.5 Å². The van der Waals surface area contributed by atoms with Crippen LogP contribution in [0.4, 0.5) is 0 Å². The summed E-state index contributed by atoms with van der Waals surface area (Å²) < 4.78 is 2.19. The molecule has 0 aromatic carbocycles. The Balaban J connectivity index is 2.51. The maximum Gasteiger partial charge on any atom is 0.0948 e. The molecule has 0 aliphatic rings. The molecule has 0 spiro atoms. The van der Waals surface area contributed by atoms with Crippen molar-refractivity contribution in [3.8, 4) is 0 Å². The Labute approximate surface area is 73.6 Å². The lowest BCUT2D eigenvalue weighted by atomic mass is 10.3. The Bertz CT molecular complexity index is 217. The van der Waals surface area contributed by atoms with E-state index in [-0.39, 0.29) is 0 Å². The molecule has 3 nitrogen and oxygen atoms in total. The molecule has 1 aromatic rings. The summed E-state index contributed by atoms with van der Waals surface area (Å²) in [4.78, 5) is 4.10. The van der Waals surface area contributed by atoms with Gasteiger partial charge in [0.1, 0.15) is 0 Å². The van der Waals surface area contributed by atoms with Gasteiger partial charge in [-0.25, -0.2) is 4.98 Å². The molecule has 0 atom stereocenters. The van der Waals surface area contributed by atoms with E-state index in [9.17, 15) is 0 Å². The molecule has 2 N–H and O–H groups in total. The van der Waals surface area contributed by atoms with Crippen molar-refractivity contribution >= 4 is 0 Å². The molecule has 1 rings (SSSR count). The lowest BCUT2D eigenvalue weighted by molar-refractivity contribution is 0.607. The third kappa shape index (κ3) is 2.34. The summed E-state index contributed by atoms with van der Waals surface area (Å²) >= 11 is 0. The number of nitrogens with zero attached hydrogens (tertiary/aromatic N) is 2. The molecule has 1 heterocycles. The van der Waals surface area contributed by atoms with Crippen molar-refractivity contribution < 1.29 is 0 Å². The van der Waals surface area contributed by atoms with Gasteiger partial charge in [0.25, 0.3) is 0 Å². The van der Waals surface area contributed by atoms with Crippen LogP contribution in [0.15, 0.2) is 12.5 Å². The first-order valence-corrected chi connectivity index (χ1v) is 4.57. The van der Waals surface area contributed by atoms with Crippen LogP contribution in [0.3, 0.4) is 0 Å². The molecule has 0 unspecified atom stereocenters. The van der Waals surface area contributed by atoms with Crippen LogP contribution in [-0.2, 0) is 13.0 Å². The Kier molecular flexibility index (Phi) is 3.80. The topological polar surface area (TPSA) is 43.8 Å². The Morgan fingerprint density at radius 3 is 3.08 bits per heavy atom. The van der Waals surface area contributed by atoms with Gasteiger partial charge in [-0.1, -0.05) is 13.3 Å². The monoisotopic (exact) mass is 167 g/mol. The van der Waals surface area contributed by atoms with Crippen LogP contribution in [0.1, 0.15) is 25.5 Å². The zero-order valence-corrected chi connectivity index (χ0v) is 7.66. The Morgan fingerprint density at radius 2 is 2.42 bits per heavy atom. The molecule has 0 saturated carbocycles.